The summed E-state index contributed by atoms with van der Waals surface area (Å²) in [6.45, 7) is 5.63. The van der Waals surface area contributed by atoms with Crippen molar-refractivity contribution in [2.24, 2.45) is 5.92 Å². The molecule has 21 heavy (non-hydrogen) atoms. The molecule has 1 aromatic heterocycles. The first kappa shape index (κ1) is 16.3. The number of hydrogen-bond donors (Lipinski definition) is 1. The highest BCUT2D eigenvalue weighted by molar-refractivity contribution is 7.15. The summed E-state index contributed by atoms with van der Waals surface area (Å²) in [5, 5.41) is 4.79. The lowest BCUT2D eigenvalue weighted by Crippen LogP contribution is -2.17. The molecular weight excluding hydrogens is 327 g/mol. The van der Waals surface area contributed by atoms with Crippen LogP contribution in [-0.4, -0.2) is 10.9 Å². The van der Waals surface area contributed by atoms with E-state index >= 15 is 0 Å². The molecule has 1 amide bonds. The van der Waals surface area contributed by atoms with Crippen LogP contribution < -0.4 is 5.32 Å². The maximum absolute atomic E-state index is 11.7. The molecule has 0 spiro atoms. The third-order valence-corrected chi connectivity index (χ3v) is 4.68. The molecule has 0 aliphatic heterocycles. The highest BCUT2D eigenvalue weighted by Gasteiger charge is 2.14. The van der Waals surface area contributed by atoms with Gasteiger partial charge in [0.05, 0.1) is 5.69 Å². The molecule has 0 radical (unpaired) electrons. The highest BCUT2D eigenvalue weighted by atomic mass is 35.5. The van der Waals surface area contributed by atoms with Crippen molar-refractivity contribution in [2.45, 2.75) is 27.2 Å². The van der Waals surface area contributed by atoms with E-state index < -0.39 is 0 Å². The minimum absolute atomic E-state index is 0.0314. The number of aryl methyl sites for hydroxylation is 1. The van der Waals surface area contributed by atoms with Crippen LogP contribution in [0, 0.1) is 12.8 Å². The third-order valence-electron chi connectivity index (χ3n) is 3.01. The second-order valence-electron chi connectivity index (χ2n) is 5.08. The molecule has 0 bridgehead atoms. The van der Waals surface area contributed by atoms with Crippen molar-refractivity contribution < 1.29 is 4.79 Å². The van der Waals surface area contributed by atoms with E-state index in [4.69, 9.17) is 23.2 Å². The van der Waals surface area contributed by atoms with Crippen LogP contribution in [-0.2, 0) is 11.2 Å². The minimum Gasteiger partial charge on any atom is -0.302 e. The summed E-state index contributed by atoms with van der Waals surface area (Å²) >= 11 is 13.7. The van der Waals surface area contributed by atoms with Gasteiger partial charge in [-0.1, -0.05) is 37.0 Å². The van der Waals surface area contributed by atoms with Crippen LogP contribution in [0.25, 0.3) is 0 Å². The molecule has 0 fully saturated rings. The minimum atomic E-state index is -0.0694. The number of benzene rings is 1. The molecule has 0 unspecified atom stereocenters. The number of halogens is 2. The van der Waals surface area contributed by atoms with Crippen LogP contribution in [0.4, 0.5) is 5.13 Å². The highest BCUT2D eigenvalue weighted by Crippen LogP contribution is 2.29. The summed E-state index contributed by atoms with van der Waals surface area (Å²) in [5.41, 5.74) is 1.85. The Hall–Kier alpha value is -1.10. The molecule has 0 saturated heterocycles. The van der Waals surface area contributed by atoms with Gasteiger partial charge in [-0.25, -0.2) is 4.98 Å². The Morgan fingerprint density at radius 1 is 1.38 bits per heavy atom. The third kappa shape index (κ3) is 4.19. The van der Waals surface area contributed by atoms with Crippen LogP contribution >= 0.6 is 34.5 Å². The molecule has 1 aromatic carbocycles. The number of carbonyl (C=O) groups is 1. The van der Waals surface area contributed by atoms with Crippen molar-refractivity contribution in [1.82, 2.24) is 4.98 Å². The molecule has 112 valence electrons. The largest absolute Gasteiger partial charge is 0.302 e. The number of rotatable bonds is 4. The first-order valence-electron chi connectivity index (χ1n) is 6.58. The Balaban J connectivity index is 2.19. The lowest BCUT2D eigenvalue weighted by atomic mass is 10.1. The fraction of sp³-hybridized carbons (Fsp3) is 0.333. The van der Waals surface area contributed by atoms with Gasteiger partial charge in [0.25, 0.3) is 0 Å². The number of thiazole rings is 1. The van der Waals surface area contributed by atoms with Gasteiger partial charge in [-0.2, -0.15) is 0 Å². The van der Waals surface area contributed by atoms with Crippen LogP contribution in [0.1, 0.15) is 30.0 Å². The monoisotopic (exact) mass is 342 g/mol. The topological polar surface area (TPSA) is 42.0 Å². The number of hydrogen-bond acceptors (Lipinski definition) is 3. The fourth-order valence-electron chi connectivity index (χ4n) is 1.75. The van der Waals surface area contributed by atoms with Crippen LogP contribution in [0.15, 0.2) is 18.2 Å². The maximum atomic E-state index is 11.7. The van der Waals surface area contributed by atoms with E-state index in [1.807, 2.05) is 26.8 Å². The quantitative estimate of drug-likeness (QED) is 0.854. The molecule has 2 rings (SSSR count). The van der Waals surface area contributed by atoms with Gasteiger partial charge in [0, 0.05) is 27.3 Å². The normalized spacial score (nSPS) is 11.0. The van der Waals surface area contributed by atoms with Crippen molar-refractivity contribution >= 4 is 45.6 Å². The lowest BCUT2D eigenvalue weighted by Gasteiger charge is -2.04. The predicted octanol–water partition coefficient (Wildman–Crippen LogP) is 4.94. The smallest absolute Gasteiger partial charge is 0.228 e. The number of aromatic nitrogens is 1. The van der Waals surface area contributed by atoms with Gasteiger partial charge < -0.3 is 5.32 Å². The van der Waals surface area contributed by atoms with E-state index in [0.29, 0.717) is 21.6 Å². The molecule has 0 aliphatic rings. The van der Waals surface area contributed by atoms with Gasteiger partial charge in [-0.3, -0.25) is 4.79 Å². The molecular formula is C15H16Cl2N2OS. The van der Waals surface area contributed by atoms with Crippen molar-refractivity contribution in [3.8, 4) is 0 Å². The Labute approximate surface area is 138 Å². The van der Waals surface area contributed by atoms with E-state index in [2.05, 4.69) is 10.3 Å². The summed E-state index contributed by atoms with van der Waals surface area (Å²) in [6.07, 6.45) is 0.653. The molecule has 1 heterocycles. The van der Waals surface area contributed by atoms with Crippen molar-refractivity contribution in [3.63, 3.8) is 0 Å². The van der Waals surface area contributed by atoms with Crippen LogP contribution in [0.5, 0.6) is 0 Å². The van der Waals surface area contributed by atoms with Crippen molar-refractivity contribution in [2.75, 3.05) is 5.32 Å². The number of nitrogens with one attached hydrogen (secondary N) is 1. The summed E-state index contributed by atoms with van der Waals surface area (Å²) in [5.74, 6) is -0.101. The van der Waals surface area contributed by atoms with Gasteiger partial charge in [0.2, 0.25) is 5.91 Å². The van der Waals surface area contributed by atoms with Crippen LogP contribution in [0.2, 0.25) is 10.0 Å². The zero-order chi connectivity index (χ0) is 15.6. The Morgan fingerprint density at radius 2 is 2.10 bits per heavy atom. The van der Waals surface area contributed by atoms with E-state index in [1.54, 1.807) is 12.1 Å². The van der Waals surface area contributed by atoms with Crippen molar-refractivity contribution in [3.05, 3.63) is 44.4 Å². The van der Waals surface area contributed by atoms with E-state index in [-0.39, 0.29) is 11.8 Å². The van der Waals surface area contributed by atoms with Gasteiger partial charge in [-0.15, -0.1) is 11.3 Å². The van der Waals surface area contributed by atoms with Crippen LogP contribution in [0.3, 0.4) is 0 Å². The number of anilines is 1. The number of carbonyl (C=O) groups excluding carboxylic acids is 1. The van der Waals surface area contributed by atoms with Gasteiger partial charge in [-0.05, 0) is 30.7 Å². The first-order valence-corrected chi connectivity index (χ1v) is 8.15. The van der Waals surface area contributed by atoms with Crippen molar-refractivity contribution in [1.29, 1.82) is 0 Å². The Bertz CT molecular complexity index is 668. The molecule has 0 atom stereocenters. The summed E-state index contributed by atoms with van der Waals surface area (Å²) in [6, 6.07) is 5.41. The predicted molar refractivity (Wildman–Crippen MR) is 89.6 cm³/mol. The second-order valence-corrected chi connectivity index (χ2v) is 7.01. The fourth-order valence-corrected chi connectivity index (χ4v) is 3.11. The van der Waals surface area contributed by atoms with Gasteiger partial charge >= 0.3 is 0 Å². The molecule has 3 nitrogen and oxygen atoms in total. The maximum Gasteiger partial charge on any atom is 0.228 e. The lowest BCUT2D eigenvalue weighted by molar-refractivity contribution is -0.118. The summed E-state index contributed by atoms with van der Waals surface area (Å²) in [7, 11) is 0. The standard InChI is InChI=1S/C15H16Cl2N2OS/c1-8(2)14(20)19-15-18-9(3)13(21-15)7-10-6-11(16)4-5-12(10)17/h4-6,8H,7H2,1-3H3,(H,18,19,20). The number of amides is 1. The summed E-state index contributed by atoms with van der Waals surface area (Å²) < 4.78 is 0. The SMILES string of the molecule is Cc1nc(NC(=O)C(C)C)sc1Cc1cc(Cl)ccc1Cl. The average molecular weight is 343 g/mol. The second kappa shape index (κ2) is 6.77. The Morgan fingerprint density at radius 3 is 2.76 bits per heavy atom. The van der Waals surface area contributed by atoms with E-state index in [0.717, 1.165) is 16.1 Å². The molecule has 6 heteroatoms. The van der Waals surface area contributed by atoms with E-state index in [9.17, 15) is 4.79 Å². The Kier molecular flexibility index (Phi) is 5.25. The van der Waals surface area contributed by atoms with E-state index in [1.165, 1.54) is 11.3 Å². The number of nitrogens with zero attached hydrogens (tertiary/aromatic N) is 1. The summed E-state index contributed by atoms with van der Waals surface area (Å²) in [4.78, 5) is 17.2. The molecule has 1 N–H and O–H groups in total. The molecule has 0 aliphatic carbocycles. The zero-order valence-corrected chi connectivity index (χ0v) is 14.4. The van der Waals surface area contributed by atoms with Gasteiger partial charge in [0.15, 0.2) is 5.13 Å². The molecule has 2 aromatic rings. The molecule has 0 saturated carbocycles. The average Bonchev–Trinajstić information content (AvgIpc) is 2.74. The van der Waals surface area contributed by atoms with Gasteiger partial charge in [0.1, 0.15) is 0 Å². The zero-order valence-electron chi connectivity index (χ0n) is 12.0. The first-order chi connectivity index (χ1) is 9.86.